The lowest BCUT2D eigenvalue weighted by Gasteiger charge is -2.13. The molecule has 31 heavy (non-hydrogen) atoms. The third-order valence-corrected chi connectivity index (χ3v) is 4.30. The van der Waals surface area contributed by atoms with E-state index in [1.165, 1.54) is 24.7 Å². The van der Waals surface area contributed by atoms with E-state index < -0.39 is 24.5 Å². The molecule has 0 aliphatic heterocycles. The number of halogens is 4. The van der Waals surface area contributed by atoms with Crippen LogP contribution in [0.25, 0.3) is 16.8 Å². The molecule has 1 N–H and O–H groups in total. The summed E-state index contributed by atoms with van der Waals surface area (Å²) in [4.78, 5) is 20.6. The van der Waals surface area contributed by atoms with E-state index in [9.17, 15) is 22.4 Å². The molecule has 1 amide bonds. The SMILES string of the molecule is O=C(Nc1cnccc1F)c1cn2cccc(-c3ccccc3OCC(F)(F)F)c2n1. The van der Waals surface area contributed by atoms with E-state index in [0.717, 1.165) is 6.07 Å². The van der Waals surface area contributed by atoms with Gasteiger partial charge in [-0.3, -0.25) is 9.78 Å². The molecule has 10 heteroatoms. The van der Waals surface area contributed by atoms with E-state index in [1.807, 2.05) is 0 Å². The number of fused-ring (bicyclic) bond motifs is 1. The molecule has 3 aromatic heterocycles. The second kappa shape index (κ2) is 8.05. The van der Waals surface area contributed by atoms with E-state index in [-0.39, 0.29) is 17.1 Å². The average molecular weight is 430 g/mol. The Labute approximate surface area is 173 Å². The fourth-order valence-corrected chi connectivity index (χ4v) is 2.96. The van der Waals surface area contributed by atoms with E-state index in [4.69, 9.17) is 4.74 Å². The van der Waals surface area contributed by atoms with E-state index in [2.05, 4.69) is 15.3 Å². The Bertz CT molecular complexity index is 1250. The highest BCUT2D eigenvalue weighted by Gasteiger charge is 2.29. The van der Waals surface area contributed by atoms with Crippen molar-refractivity contribution < 1.29 is 27.1 Å². The number of hydrogen-bond acceptors (Lipinski definition) is 4. The van der Waals surface area contributed by atoms with E-state index in [1.54, 1.807) is 40.9 Å². The van der Waals surface area contributed by atoms with Crippen LogP contribution in [0.15, 0.2) is 67.3 Å². The molecule has 6 nitrogen and oxygen atoms in total. The van der Waals surface area contributed by atoms with Crippen LogP contribution >= 0.6 is 0 Å². The van der Waals surface area contributed by atoms with Crippen molar-refractivity contribution in [2.24, 2.45) is 0 Å². The maximum atomic E-state index is 13.8. The maximum Gasteiger partial charge on any atom is 0.422 e. The number of nitrogens with one attached hydrogen (secondary N) is 1. The van der Waals surface area contributed by atoms with Gasteiger partial charge < -0.3 is 14.5 Å². The summed E-state index contributed by atoms with van der Waals surface area (Å²) in [5.74, 6) is -1.29. The summed E-state index contributed by atoms with van der Waals surface area (Å²) in [6.07, 6.45) is 0.997. The molecule has 0 saturated heterocycles. The van der Waals surface area contributed by atoms with Gasteiger partial charge in [0.15, 0.2) is 6.61 Å². The first kappa shape index (κ1) is 20.3. The molecule has 0 aliphatic carbocycles. The highest BCUT2D eigenvalue weighted by atomic mass is 19.4. The number of amides is 1. The summed E-state index contributed by atoms with van der Waals surface area (Å²) in [5, 5.41) is 2.39. The number of carbonyl (C=O) groups is 1. The monoisotopic (exact) mass is 430 g/mol. The van der Waals surface area contributed by atoms with Gasteiger partial charge >= 0.3 is 6.18 Å². The first-order valence-electron chi connectivity index (χ1n) is 8.99. The summed E-state index contributed by atoms with van der Waals surface area (Å²) in [6.45, 7) is -1.44. The van der Waals surface area contributed by atoms with Gasteiger partial charge in [0.2, 0.25) is 0 Å². The highest BCUT2D eigenvalue weighted by Crippen LogP contribution is 2.33. The molecule has 1 aromatic carbocycles. The summed E-state index contributed by atoms with van der Waals surface area (Å²) in [7, 11) is 0. The number of hydrogen-bond donors (Lipinski definition) is 1. The van der Waals surface area contributed by atoms with Crippen molar-refractivity contribution in [2.75, 3.05) is 11.9 Å². The zero-order valence-corrected chi connectivity index (χ0v) is 15.7. The maximum absolute atomic E-state index is 13.8. The number of anilines is 1. The Morgan fingerprint density at radius 2 is 1.87 bits per heavy atom. The first-order chi connectivity index (χ1) is 14.8. The number of benzene rings is 1. The molecule has 0 atom stereocenters. The Morgan fingerprint density at radius 1 is 1.10 bits per heavy atom. The molecule has 0 radical (unpaired) electrons. The number of pyridine rings is 2. The number of nitrogens with zero attached hydrogens (tertiary/aromatic N) is 3. The van der Waals surface area contributed by atoms with Crippen LogP contribution in [0.2, 0.25) is 0 Å². The fourth-order valence-electron chi connectivity index (χ4n) is 2.96. The molecule has 0 saturated carbocycles. The van der Waals surface area contributed by atoms with Crippen LogP contribution in [0, 0.1) is 5.82 Å². The molecular formula is C21H14F4N4O2. The van der Waals surface area contributed by atoms with Crippen molar-refractivity contribution in [1.82, 2.24) is 14.4 Å². The number of ether oxygens (including phenoxy) is 1. The standard InChI is InChI=1S/C21H14F4N4O2/c22-15-7-8-26-10-16(15)28-20(30)17-11-29-9-3-5-14(19(29)27-17)13-4-1-2-6-18(13)31-12-21(23,24)25/h1-11H,12H2,(H,28,30). The highest BCUT2D eigenvalue weighted by molar-refractivity contribution is 6.03. The van der Waals surface area contributed by atoms with Crippen molar-refractivity contribution in [1.29, 1.82) is 0 Å². The van der Waals surface area contributed by atoms with Gasteiger partial charge in [0.05, 0.1) is 11.9 Å². The van der Waals surface area contributed by atoms with Crippen molar-refractivity contribution >= 4 is 17.2 Å². The average Bonchev–Trinajstić information content (AvgIpc) is 3.18. The second-order valence-electron chi connectivity index (χ2n) is 6.49. The molecule has 0 unspecified atom stereocenters. The molecule has 4 aromatic rings. The molecule has 0 aliphatic rings. The molecule has 0 fully saturated rings. The van der Waals surface area contributed by atoms with Gasteiger partial charge in [-0.25, -0.2) is 9.37 Å². The Hall–Kier alpha value is -3.95. The molecule has 0 bridgehead atoms. The van der Waals surface area contributed by atoms with Gasteiger partial charge in [0.25, 0.3) is 5.91 Å². The predicted molar refractivity (Wildman–Crippen MR) is 104 cm³/mol. The molecule has 4 rings (SSSR count). The lowest BCUT2D eigenvalue weighted by Crippen LogP contribution is -2.19. The number of para-hydroxylation sites is 1. The summed E-state index contributed by atoms with van der Waals surface area (Å²) < 4.78 is 58.1. The normalized spacial score (nSPS) is 11.5. The van der Waals surface area contributed by atoms with Gasteiger partial charge in [-0.1, -0.05) is 18.2 Å². The number of aromatic nitrogens is 3. The zero-order valence-electron chi connectivity index (χ0n) is 15.7. The van der Waals surface area contributed by atoms with Crippen LogP contribution in [-0.4, -0.2) is 33.1 Å². The summed E-state index contributed by atoms with van der Waals surface area (Å²) in [5.41, 5.74) is 1.06. The summed E-state index contributed by atoms with van der Waals surface area (Å²) in [6, 6.07) is 10.7. The van der Waals surface area contributed by atoms with Crippen LogP contribution < -0.4 is 10.1 Å². The molecule has 0 spiro atoms. The largest absolute Gasteiger partial charge is 0.483 e. The van der Waals surface area contributed by atoms with Gasteiger partial charge in [-0.15, -0.1) is 0 Å². The van der Waals surface area contributed by atoms with E-state index >= 15 is 0 Å². The third kappa shape index (κ3) is 4.47. The lowest BCUT2D eigenvalue weighted by atomic mass is 10.1. The van der Waals surface area contributed by atoms with E-state index in [0.29, 0.717) is 16.8 Å². The lowest BCUT2D eigenvalue weighted by molar-refractivity contribution is -0.153. The minimum Gasteiger partial charge on any atom is -0.483 e. The van der Waals surface area contributed by atoms with Gasteiger partial charge in [0, 0.05) is 29.7 Å². The van der Waals surface area contributed by atoms with Gasteiger partial charge in [-0.2, -0.15) is 13.2 Å². The van der Waals surface area contributed by atoms with Crippen molar-refractivity contribution in [3.8, 4) is 16.9 Å². The molecular weight excluding hydrogens is 416 g/mol. The number of imidazole rings is 1. The Morgan fingerprint density at radius 3 is 2.65 bits per heavy atom. The fraction of sp³-hybridized carbons (Fsp3) is 0.0952. The molecule has 158 valence electrons. The van der Waals surface area contributed by atoms with Crippen LogP contribution in [0.5, 0.6) is 5.75 Å². The van der Waals surface area contributed by atoms with Crippen molar-refractivity contribution in [3.63, 3.8) is 0 Å². The number of carbonyl (C=O) groups excluding carboxylic acids is 1. The van der Waals surface area contributed by atoms with Crippen LogP contribution in [0.4, 0.5) is 23.2 Å². The second-order valence-corrected chi connectivity index (χ2v) is 6.49. The predicted octanol–water partition coefficient (Wildman–Crippen LogP) is 4.73. The quantitative estimate of drug-likeness (QED) is 0.465. The number of alkyl halides is 3. The van der Waals surface area contributed by atoms with Crippen molar-refractivity contribution in [3.05, 3.63) is 78.8 Å². The van der Waals surface area contributed by atoms with Crippen LogP contribution in [0.3, 0.4) is 0 Å². The smallest absolute Gasteiger partial charge is 0.422 e. The first-order valence-corrected chi connectivity index (χ1v) is 8.99. The zero-order chi connectivity index (χ0) is 22.0. The molecule has 3 heterocycles. The van der Waals surface area contributed by atoms with Crippen LogP contribution in [0.1, 0.15) is 10.5 Å². The van der Waals surface area contributed by atoms with Gasteiger partial charge in [-0.05, 0) is 24.3 Å². The Balaban J connectivity index is 1.69. The summed E-state index contributed by atoms with van der Waals surface area (Å²) >= 11 is 0. The Kier molecular flexibility index (Phi) is 5.28. The number of rotatable bonds is 5. The van der Waals surface area contributed by atoms with Gasteiger partial charge in [0.1, 0.15) is 22.9 Å². The van der Waals surface area contributed by atoms with Crippen LogP contribution in [-0.2, 0) is 0 Å². The minimum absolute atomic E-state index is 0.00982. The topological polar surface area (TPSA) is 68.5 Å². The van der Waals surface area contributed by atoms with Crippen molar-refractivity contribution in [2.45, 2.75) is 6.18 Å². The minimum atomic E-state index is -4.49. The third-order valence-electron chi connectivity index (χ3n) is 4.30.